The minimum Gasteiger partial charge on any atom is -0.508 e. The van der Waals surface area contributed by atoms with E-state index < -0.39 is 0 Å². The number of hydrogen-bond donors (Lipinski definition) is 2. The van der Waals surface area contributed by atoms with Crippen LogP contribution < -0.4 is 0 Å². The summed E-state index contributed by atoms with van der Waals surface area (Å²) in [6, 6.07) is 20.8. The van der Waals surface area contributed by atoms with Gasteiger partial charge in [0.2, 0.25) is 0 Å². The Bertz CT molecular complexity index is 943. The second-order valence-electron chi connectivity index (χ2n) is 9.22. The largest absolute Gasteiger partial charge is 0.508 e. The van der Waals surface area contributed by atoms with Crippen LogP contribution in [-0.2, 0) is 23.7 Å². The molecule has 0 unspecified atom stereocenters. The Hall–Kier alpha value is -2.74. The third-order valence-electron chi connectivity index (χ3n) is 6.69. The van der Waals surface area contributed by atoms with Gasteiger partial charge in [0.05, 0.1) is 0 Å². The topological polar surface area (TPSA) is 40.5 Å². The maximum atomic E-state index is 10.0. The van der Waals surface area contributed by atoms with Gasteiger partial charge in [0.25, 0.3) is 0 Å². The van der Waals surface area contributed by atoms with Crippen molar-refractivity contribution in [3.05, 3.63) is 94.0 Å². The van der Waals surface area contributed by atoms with Crippen molar-refractivity contribution in [3.63, 3.8) is 0 Å². The Morgan fingerprint density at radius 2 is 0.833 bits per heavy atom. The molecule has 158 valence electrons. The van der Waals surface area contributed by atoms with Gasteiger partial charge in [-0.3, -0.25) is 0 Å². The molecule has 0 saturated carbocycles. The minimum absolute atomic E-state index is 0.159. The van der Waals surface area contributed by atoms with Gasteiger partial charge in [-0.15, -0.1) is 0 Å². The molecule has 0 aliphatic carbocycles. The van der Waals surface area contributed by atoms with E-state index in [1.54, 1.807) is 0 Å². The summed E-state index contributed by atoms with van der Waals surface area (Å²) in [6.45, 7) is 13.0. The van der Waals surface area contributed by atoms with E-state index in [9.17, 15) is 10.2 Å². The third-order valence-corrected chi connectivity index (χ3v) is 6.69. The van der Waals surface area contributed by atoms with Crippen molar-refractivity contribution in [1.82, 2.24) is 0 Å². The van der Waals surface area contributed by atoms with Gasteiger partial charge in [0, 0.05) is 10.8 Å². The number of benzene rings is 3. The lowest BCUT2D eigenvalue weighted by molar-refractivity contribution is 0.467. The fourth-order valence-corrected chi connectivity index (χ4v) is 4.15. The summed E-state index contributed by atoms with van der Waals surface area (Å²) in [5, 5.41) is 20.1. The predicted molar refractivity (Wildman–Crippen MR) is 126 cm³/mol. The average molecular weight is 403 g/mol. The highest BCUT2D eigenvalue weighted by atomic mass is 16.3. The Balaban J connectivity index is 1.95. The molecule has 0 aliphatic rings. The van der Waals surface area contributed by atoms with E-state index in [4.69, 9.17) is 0 Å². The van der Waals surface area contributed by atoms with E-state index in [0.717, 1.165) is 24.0 Å². The molecule has 2 nitrogen and oxygen atoms in total. The number of aryl methyl sites for hydroxylation is 2. The van der Waals surface area contributed by atoms with Crippen LogP contribution >= 0.6 is 0 Å². The summed E-state index contributed by atoms with van der Waals surface area (Å²) in [6.07, 6.45) is 1.63. The molecular formula is C28H34O2. The first-order chi connectivity index (χ1) is 14.1. The molecular weight excluding hydrogens is 368 g/mol. The van der Waals surface area contributed by atoms with Crippen molar-refractivity contribution in [2.45, 2.75) is 65.2 Å². The normalized spacial score (nSPS) is 12.2. The molecule has 0 heterocycles. The van der Waals surface area contributed by atoms with Crippen LogP contribution in [-0.4, -0.2) is 10.2 Å². The molecule has 0 aromatic heterocycles. The number of rotatable bonds is 6. The lowest BCUT2D eigenvalue weighted by Crippen LogP contribution is -2.22. The molecule has 2 heteroatoms. The minimum atomic E-state index is -0.159. The molecule has 2 N–H and O–H groups in total. The lowest BCUT2D eigenvalue weighted by Gasteiger charge is -2.30. The highest BCUT2D eigenvalue weighted by molar-refractivity contribution is 5.47. The SMILES string of the molecule is CCc1cc(C(C)(C)c2ccc(C(C)(C)c3ccc(O)c(CC)c3)cc2)ccc1O. The fourth-order valence-electron chi connectivity index (χ4n) is 4.15. The zero-order valence-electron chi connectivity index (χ0n) is 19.1. The zero-order chi connectivity index (χ0) is 22.1. The van der Waals surface area contributed by atoms with Gasteiger partial charge in [-0.05, 0) is 58.4 Å². The summed E-state index contributed by atoms with van der Waals surface area (Å²) in [7, 11) is 0. The molecule has 30 heavy (non-hydrogen) atoms. The molecule has 0 spiro atoms. The van der Waals surface area contributed by atoms with Crippen LogP contribution in [0.15, 0.2) is 60.7 Å². The van der Waals surface area contributed by atoms with Gasteiger partial charge in [-0.25, -0.2) is 0 Å². The summed E-state index contributed by atoms with van der Waals surface area (Å²) >= 11 is 0. The van der Waals surface area contributed by atoms with Crippen LogP contribution in [0, 0.1) is 0 Å². The molecule has 0 fully saturated rings. The van der Waals surface area contributed by atoms with Gasteiger partial charge in [-0.2, -0.15) is 0 Å². The van der Waals surface area contributed by atoms with Crippen LogP contribution in [0.5, 0.6) is 11.5 Å². The monoisotopic (exact) mass is 402 g/mol. The average Bonchev–Trinajstić information content (AvgIpc) is 2.74. The third kappa shape index (κ3) is 3.96. The summed E-state index contributed by atoms with van der Waals surface area (Å²) in [5.74, 6) is 0.740. The van der Waals surface area contributed by atoms with E-state index in [-0.39, 0.29) is 10.8 Å². The first kappa shape index (κ1) is 22.0. The second-order valence-corrected chi connectivity index (χ2v) is 9.22. The Kier molecular flexibility index (Phi) is 5.99. The predicted octanol–water partition coefficient (Wildman–Crippen LogP) is 6.87. The van der Waals surface area contributed by atoms with Crippen molar-refractivity contribution >= 4 is 0 Å². The van der Waals surface area contributed by atoms with Crippen LogP contribution in [0.25, 0.3) is 0 Å². The highest BCUT2D eigenvalue weighted by Gasteiger charge is 2.27. The van der Waals surface area contributed by atoms with Crippen molar-refractivity contribution in [1.29, 1.82) is 0 Å². The quantitative estimate of drug-likeness (QED) is 0.472. The smallest absolute Gasteiger partial charge is 0.118 e. The molecule has 0 atom stereocenters. The zero-order valence-corrected chi connectivity index (χ0v) is 19.1. The molecule has 3 rings (SSSR count). The number of phenolic OH excluding ortho intramolecular Hbond substituents is 2. The van der Waals surface area contributed by atoms with Gasteiger partial charge in [0.15, 0.2) is 0 Å². The Morgan fingerprint density at radius 1 is 0.533 bits per heavy atom. The van der Waals surface area contributed by atoms with Gasteiger partial charge < -0.3 is 10.2 Å². The number of phenols is 2. The number of aromatic hydroxyl groups is 2. The maximum absolute atomic E-state index is 10.0. The van der Waals surface area contributed by atoms with Crippen LogP contribution in [0.2, 0.25) is 0 Å². The van der Waals surface area contributed by atoms with Gasteiger partial charge >= 0.3 is 0 Å². The van der Waals surface area contributed by atoms with Crippen LogP contribution in [0.1, 0.15) is 74.9 Å². The number of hydrogen-bond acceptors (Lipinski definition) is 2. The molecule has 0 aliphatic heterocycles. The van der Waals surface area contributed by atoms with Crippen molar-refractivity contribution in [3.8, 4) is 11.5 Å². The molecule has 0 amide bonds. The van der Waals surface area contributed by atoms with Gasteiger partial charge in [0.1, 0.15) is 11.5 Å². The molecule has 3 aromatic carbocycles. The highest BCUT2D eigenvalue weighted by Crippen LogP contribution is 2.37. The van der Waals surface area contributed by atoms with Gasteiger partial charge in [-0.1, -0.05) is 90.1 Å². The van der Waals surface area contributed by atoms with Crippen molar-refractivity contribution < 1.29 is 10.2 Å². The van der Waals surface area contributed by atoms with E-state index in [0.29, 0.717) is 11.5 Å². The van der Waals surface area contributed by atoms with E-state index in [1.807, 2.05) is 24.3 Å². The second kappa shape index (κ2) is 8.18. The summed E-state index contributed by atoms with van der Waals surface area (Å²) < 4.78 is 0. The first-order valence-electron chi connectivity index (χ1n) is 10.9. The van der Waals surface area contributed by atoms with Crippen molar-refractivity contribution in [2.24, 2.45) is 0 Å². The molecule has 0 bridgehead atoms. The van der Waals surface area contributed by atoms with E-state index in [2.05, 4.69) is 77.9 Å². The molecule has 3 aromatic rings. The molecule has 0 saturated heterocycles. The Labute approximate surface area is 181 Å². The Morgan fingerprint density at radius 3 is 1.13 bits per heavy atom. The van der Waals surface area contributed by atoms with Crippen LogP contribution in [0.4, 0.5) is 0 Å². The summed E-state index contributed by atoms with van der Waals surface area (Å²) in [5.41, 5.74) is 6.55. The van der Waals surface area contributed by atoms with Crippen LogP contribution in [0.3, 0.4) is 0 Å². The summed E-state index contributed by atoms with van der Waals surface area (Å²) in [4.78, 5) is 0. The van der Waals surface area contributed by atoms with Crippen molar-refractivity contribution in [2.75, 3.05) is 0 Å². The maximum Gasteiger partial charge on any atom is 0.118 e. The standard InChI is InChI=1S/C28H34O2/c1-7-19-17-23(13-15-25(19)29)27(3,4)21-9-11-22(12-10-21)28(5,6)24-14-16-26(30)20(8-2)18-24/h9-18,29-30H,7-8H2,1-6H3. The van der Waals surface area contributed by atoms with E-state index in [1.165, 1.54) is 22.3 Å². The molecule has 0 radical (unpaired) electrons. The lowest BCUT2D eigenvalue weighted by atomic mass is 9.74. The fraction of sp³-hybridized carbons (Fsp3) is 0.357. The van der Waals surface area contributed by atoms with E-state index >= 15 is 0 Å². The first-order valence-corrected chi connectivity index (χ1v) is 10.9.